The van der Waals surface area contributed by atoms with E-state index in [-0.39, 0.29) is 12.1 Å². The van der Waals surface area contributed by atoms with E-state index in [2.05, 4.69) is 5.32 Å². The molecular formula is C16H18Cl2N2O3. The number of amides is 2. The molecule has 2 rings (SSSR count). The normalized spacial score (nSPS) is 18.3. The van der Waals surface area contributed by atoms with Gasteiger partial charge < -0.3 is 15.0 Å². The summed E-state index contributed by atoms with van der Waals surface area (Å²) in [5, 5.41) is 3.55. The summed E-state index contributed by atoms with van der Waals surface area (Å²) in [6.07, 6.45) is -0.264. The van der Waals surface area contributed by atoms with Crippen molar-refractivity contribution in [1.29, 1.82) is 0 Å². The van der Waals surface area contributed by atoms with Crippen molar-refractivity contribution in [3.63, 3.8) is 0 Å². The number of carbonyl (C=O) groups is 2. The van der Waals surface area contributed by atoms with Crippen LogP contribution in [0.15, 0.2) is 29.5 Å². The molecule has 1 aliphatic rings. The molecule has 0 bridgehead atoms. The van der Waals surface area contributed by atoms with Crippen molar-refractivity contribution in [3.8, 4) is 0 Å². The van der Waals surface area contributed by atoms with Gasteiger partial charge in [-0.25, -0.2) is 9.59 Å². The molecule has 7 heteroatoms. The third-order valence-corrected chi connectivity index (χ3v) is 4.33. The summed E-state index contributed by atoms with van der Waals surface area (Å²) in [7, 11) is 1.60. The van der Waals surface area contributed by atoms with E-state index in [0.29, 0.717) is 26.9 Å². The Bertz CT molecular complexity index is 686. The lowest BCUT2D eigenvalue weighted by Crippen LogP contribution is -2.46. The van der Waals surface area contributed by atoms with Crippen LogP contribution in [0.2, 0.25) is 10.0 Å². The summed E-state index contributed by atoms with van der Waals surface area (Å²) < 4.78 is 5.32. The molecule has 1 atom stereocenters. The summed E-state index contributed by atoms with van der Waals surface area (Å²) in [5.41, 5.74) is 1.57. The molecule has 1 aliphatic heterocycles. The van der Waals surface area contributed by atoms with Gasteiger partial charge in [0.05, 0.1) is 27.8 Å². The fourth-order valence-corrected chi connectivity index (χ4v) is 2.63. The first-order valence-electron chi connectivity index (χ1n) is 7.13. The average Bonchev–Trinajstić information content (AvgIpc) is 2.46. The molecule has 2 amide bonds. The van der Waals surface area contributed by atoms with Gasteiger partial charge >= 0.3 is 12.0 Å². The van der Waals surface area contributed by atoms with Crippen LogP contribution in [-0.2, 0) is 9.53 Å². The largest absolute Gasteiger partial charge is 0.459 e. The SMILES string of the molecule is CC1=C(C(=O)OC(C)C)C(c2ccc(Cl)c(Cl)c2)NC(=O)N1C. The maximum Gasteiger partial charge on any atom is 0.338 e. The lowest BCUT2D eigenvalue weighted by Gasteiger charge is -2.33. The van der Waals surface area contributed by atoms with Crippen LogP contribution in [0.3, 0.4) is 0 Å². The van der Waals surface area contributed by atoms with Gasteiger partial charge in [0.1, 0.15) is 0 Å². The fourth-order valence-electron chi connectivity index (χ4n) is 2.32. The maximum atomic E-state index is 12.5. The van der Waals surface area contributed by atoms with Gasteiger partial charge in [-0.1, -0.05) is 29.3 Å². The molecule has 0 aliphatic carbocycles. The molecule has 0 saturated carbocycles. The van der Waals surface area contributed by atoms with Gasteiger partial charge in [-0.3, -0.25) is 0 Å². The highest BCUT2D eigenvalue weighted by molar-refractivity contribution is 6.42. The van der Waals surface area contributed by atoms with E-state index in [1.54, 1.807) is 46.0 Å². The predicted molar refractivity (Wildman–Crippen MR) is 89.4 cm³/mol. The molecule has 0 radical (unpaired) electrons. The van der Waals surface area contributed by atoms with E-state index < -0.39 is 12.0 Å². The summed E-state index contributed by atoms with van der Waals surface area (Å²) in [6.45, 7) is 5.25. The van der Waals surface area contributed by atoms with E-state index in [1.165, 1.54) is 4.90 Å². The third-order valence-electron chi connectivity index (χ3n) is 3.59. The van der Waals surface area contributed by atoms with Crippen LogP contribution in [0, 0.1) is 0 Å². The van der Waals surface area contributed by atoms with E-state index in [9.17, 15) is 9.59 Å². The van der Waals surface area contributed by atoms with Crippen LogP contribution in [0.4, 0.5) is 4.79 Å². The minimum atomic E-state index is -0.639. The number of hydrogen-bond donors (Lipinski definition) is 1. The Balaban J connectivity index is 2.51. The zero-order chi connectivity index (χ0) is 17.3. The number of ether oxygens (including phenoxy) is 1. The summed E-state index contributed by atoms with van der Waals surface area (Å²) in [6, 6.07) is 4.04. The Kier molecular flexibility index (Phi) is 5.22. The van der Waals surface area contributed by atoms with E-state index >= 15 is 0 Å². The molecule has 1 unspecified atom stereocenters. The number of benzene rings is 1. The molecule has 0 saturated heterocycles. The van der Waals surface area contributed by atoms with Gasteiger partial charge in [0, 0.05) is 12.7 Å². The second-order valence-corrected chi connectivity index (χ2v) is 6.38. The minimum absolute atomic E-state index is 0.264. The third kappa shape index (κ3) is 3.62. The lowest BCUT2D eigenvalue weighted by molar-refractivity contribution is -0.143. The zero-order valence-electron chi connectivity index (χ0n) is 13.3. The molecule has 5 nitrogen and oxygen atoms in total. The van der Waals surface area contributed by atoms with E-state index in [1.807, 2.05) is 0 Å². The lowest BCUT2D eigenvalue weighted by atomic mass is 9.95. The number of nitrogens with zero attached hydrogens (tertiary/aromatic N) is 1. The van der Waals surface area contributed by atoms with E-state index in [0.717, 1.165) is 0 Å². The molecular weight excluding hydrogens is 339 g/mol. The topological polar surface area (TPSA) is 58.6 Å². The number of nitrogens with one attached hydrogen (secondary N) is 1. The first-order valence-corrected chi connectivity index (χ1v) is 7.89. The first kappa shape index (κ1) is 17.6. The number of carbonyl (C=O) groups excluding carboxylic acids is 2. The Morgan fingerprint density at radius 1 is 1.30 bits per heavy atom. The van der Waals surface area contributed by atoms with Gasteiger partial charge in [-0.2, -0.15) is 0 Å². The summed E-state index contributed by atoms with van der Waals surface area (Å²) >= 11 is 12.0. The highest BCUT2D eigenvalue weighted by atomic mass is 35.5. The van der Waals surface area contributed by atoms with E-state index in [4.69, 9.17) is 27.9 Å². The van der Waals surface area contributed by atoms with Crippen molar-refractivity contribution in [2.45, 2.75) is 32.9 Å². The van der Waals surface area contributed by atoms with Crippen LogP contribution in [0.1, 0.15) is 32.4 Å². The van der Waals surface area contributed by atoms with Crippen molar-refractivity contribution in [3.05, 3.63) is 45.1 Å². The van der Waals surface area contributed by atoms with Crippen molar-refractivity contribution >= 4 is 35.2 Å². The summed E-state index contributed by atoms with van der Waals surface area (Å²) in [5.74, 6) is -0.472. The molecule has 1 N–H and O–H groups in total. The second-order valence-electron chi connectivity index (χ2n) is 5.57. The van der Waals surface area contributed by atoms with Crippen LogP contribution in [0.5, 0.6) is 0 Å². The quantitative estimate of drug-likeness (QED) is 0.835. The van der Waals surface area contributed by atoms with Crippen LogP contribution in [0.25, 0.3) is 0 Å². The van der Waals surface area contributed by atoms with Crippen LogP contribution < -0.4 is 5.32 Å². The molecule has 0 fully saturated rings. The Morgan fingerprint density at radius 3 is 2.52 bits per heavy atom. The van der Waals surface area contributed by atoms with Crippen molar-refractivity contribution in [2.75, 3.05) is 7.05 Å². The van der Waals surface area contributed by atoms with Crippen LogP contribution in [-0.4, -0.2) is 30.1 Å². The van der Waals surface area contributed by atoms with Crippen molar-refractivity contribution in [2.24, 2.45) is 0 Å². The highest BCUT2D eigenvalue weighted by Crippen LogP contribution is 2.33. The Labute approximate surface area is 145 Å². The highest BCUT2D eigenvalue weighted by Gasteiger charge is 2.35. The molecule has 0 aromatic heterocycles. The smallest absolute Gasteiger partial charge is 0.338 e. The standard InChI is InChI=1S/C16H18Cl2N2O3/c1-8(2)23-15(21)13-9(3)20(4)16(22)19-14(13)10-5-6-11(17)12(18)7-10/h5-8,14H,1-4H3,(H,19,22). The summed E-state index contributed by atoms with van der Waals surface area (Å²) in [4.78, 5) is 26.0. The molecule has 23 heavy (non-hydrogen) atoms. The predicted octanol–water partition coefficient (Wildman–Crippen LogP) is 3.92. The van der Waals surface area contributed by atoms with Gasteiger partial charge in [-0.15, -0.1) is 0 Å². The fraction of sp³-hybridized carbons (Fsp3) is 0.375. The number of urea groups is 1. The molecule has 124 valence electrons. The average molecular weight is 357 g/mol. The molecule has 1 heterocycles. The number of halogens is 2. The minimum Gasteiger partial charge on any atom is -0.459 e. The number of rotatable bonds is 3. The number of esters is 1. The number of allylic oxidation sites excluding steroid dienone is 1. The zero-order valence-corrected chi connectivity index (χ0v) is 14.8. The van der Waals surface area contributed by atoms with Crippen molar-refractivity contribution < 1.29 is 14.3 Å². The first-order chi connectivity index (χ1) is 10.7. The molecule has 1 aromatic rings. The number of hydrogen-bond acceptors (Lipinski definition) is 3. The van der Waals surface area contributed by atoms with Crippen LogP contribution >= 0.6 is 23.2 Å². The Hall–Kier alpha value is -1.72. The monoisotopic (exact) mass is 356 g/mol. The maximum absolute atomic E-state index is 12.5. The van der Waals surface area contributed by atoms with Gasteiger partial charge in [0.2, 0.25) is 0 Å². The van der Waals surface area contributed by atoms with Gasteiger partial charge in [-0.05, 0) is 38.5 Å². The second kappa shape index (κ2) is 6.81. The van der Waals surface area contributed by atoms with Gasteiger partial charge in [0.15, 0.2) is 0 Å². The molecule has 0 spiro atoms. The molecule has 1 aromatic carbocycles. The van der Waals surface area contributed by atoms with Gasteiger partial charge in [0.25, 0.3) is 0 Å². The van der Waals surface area contributed by atoms with Crippen molar-refractivity contribution in [1.82, 2.24) is 10.2 Å². The Morgan fingerprint density at radius 2 is 1.96 bits per heavy atom.